The molecule has 0 bridgehead atoms. The molecular weight excluding hydrogens is 426 g/mol. The fraction of sp³-hybridized carbons (Fsp3) is 0.455. The Balaban J connectivity index is 0.00000512. The molecule has 2 N–H and O–H groups in total. The fourth-order valence-electron chi connectivity index (χ4n) is 2.93. The van der Waals surface area contributed by atoms with Crippen molar-refractivity contribution in [1.29, 1.82) is 0 Å². The van der Waals surface area contributed by atoms with Gasteiger partial charge in [0, 0.05) is 31.5 Å². The molecule has 2 rings (SSSR count). The zero-order valence-corrected chi connectivity index (χ0v) is 21.3. The van der Waals surface area contributed by atoms with E-state index in [1.165, 1.54) is 28.8 Å². The Kier molecular flexibility index (Phi) is 10.5. The molecule has 1 aromatic carbocycles. The number of rotatable bonds is 8. The Morgan fingerprint density at radius 2 is 1.78 bits per heavy atom. The van der Waals surface area contributed by atoms with Gasteiger partial charge in [-0.25, -0.2) is 9.37 Å². The minimum atomic E-state index is -0.984. The predicted molar refractivity (Wildman–Crippen MR) is 112 cm³/mol. The van der Waals surface area contributed by atoms with E-state index < -0.39 is 34.1 Å². The number of carbonyl (C=O) groups excluding carboxylic acids is 2. The van der Waals surface area contributed by atoms with Gasteiger partial charge in [-0.05, 0) is 29.9 Å². The summed E-state index contributed by atoms with van der Waals surface area (Å²) in [6.07, 6.45) is 0.799. The summed E-state index contributed by atoms with van der Waals surface area (Å²) in [5, 5.41) is 17.8. The van der Waals surface area contributed by atoms with E-state index in [0.717, 1.165) is 0 Å². The number of nitrogens with one attached hydrogen (secondary N) is 2. The predicted octanol–water partition coefficient (Wildman–Crippen LogP) is -1.40. The minimum absolute atomic E-state index is 0. The second kappa shape index (κ2) is 12.1. The molecule has 0 atom stereocenters. The number of hydrogen-bond donors (Lipinski definition) is 2. The van der Waals surface area contributed by atoms with Gasteiger partial charge < -0.3 is 15.7 Å². The first-order valence-corrected chi connectivity index (χ1v) is 10.2. The Bertz CT molecular complexity index is 1000. The molecule has 168 valence electrons. The van der Waals surface area contributed by atoms with Crippen molar-refractivity contribution < 1.29 is 48.6 Å². The average Bonchev–Trinajstić information content (AvgIpc) is 2.72. The van der Waals surface area contributed by atoms with Crippen molar-refractivity contribution in [2.45, 2.75) is 59.0 Å². The fourth-order valence-corrected chi connectivity index (χ4v) is 2.93. The molecular formula is C22H28FN4NaO4. The van der Waals surface area contributed by atoms with Crippen LogP contribution in [-0.2, 0) is 23.3 Å². The van der Waals surface area contributed by atoms with Crippen molar-refractivity contribution in [2.24, 2.45) is 0 Å². The van der Waals surface area contributed by atoms with E-state index >= 15 is 0 Å². The van der Waals surface area contributed by atoms with Crippen LogP contribution >= 0.6 is 0 Å². The van der Waals surface area contributed by atoms with E-state index in [4.69, 9.17) is 0 Å². The Labute approximate surface area is 208 Å². The van der Waals surface area contributed by atoms with E-state index in [1.807, 2.05) is 20.8 Å². The van der Waals surface area contributed by atoms with E-state index in [1.54, 1.807) is 6.92 Å². The SMILES string of the molecule is CCC(=O)NCCCn1c(C(C)(C)C)nc(C(=O)NCc2ccc(F)cc2)c([O-])c1=O.[Na+]. The van der Waals surface area contributed by atoms with Gasteiger partial charge in [0.2, 0.25) is 11.5 Å². The molecule has 0 radical (unpaired) electrons. The van der Waals surface area contributed by atoms with Gasteiger partial charge in [0.1, 0.15) is 17.3 Å². The molecule has 10 heteroatoms. The van der Waals surface area contributed by atoms with Crippen molar-refractivity contribution in [3.05, 3.63) is 57.5 Å². The van der Waals surface area contributed by atoms with Crippen LogP contribution in [0.2, 0.25) is 0 Å². The summed E-state index contributed by atoms with van der Waals surface area (Å²) in [5.74, 6) is -1.93. The molecule has 0 saturated heterocycles. The van der Waals surface area contributed by atoms with Gasteiger partial charge in [0.15, 0.2) is 0 Å². The molecule has 2 amide bonds. The molecule has 0 unspecified atom stereocenters. The largest absolute Gasteiger partial charge is 1.00 e. The van der Waals surface area contributed by atoms with Crippen LogP contribution in [0.3, 0.4) is 0 Å². The summed E-state index contributed by atoms with van der Waals surface area (Å²) < 4.78 is 14.3. The molecule has 0 fully saturated rings. The van der Waals surface area contributed by atoms with Crippen molar-refractivity contribution in [2.75, 3.05) is 6.54 Å². The third kappa shape index (κ3) is 7.43. The van der Waals surface area contributed by atoms with Crippen LogP contribution in [0.1, 0.15) is 62.4 Å². The molecule has 0 aliphatic rings. The molecule has 0 aliphatic carbocycles. The van der Waals surface area contributed by atoms with Crippen molar-refractivity contribution >= 4 is 11.8 Å². The standard InChI is InChI=1S/C22H29FN4O4.Na/c1-5-16(28)24-11-6-12-27-20(31)18(29)17(26-21(27)22(2,3)4)19(30)25-13-14-7-9-15(23)10-8-14;/h7-10,29H,5-6,11-13H2,1-4H3,(H,24,28)(H,25,30);/q;+1/p-1. The number of benzene rings is 1. The van der Waals surface area contributed by atoms with Gasteiger partial charge in [0.05, 0.1) is 0 Å². The van der Waals surface area contributed by atoms with Crippen LogP contribution < -0.4 is 50.9 Å². The van der Waals surface area contributed by atoms with E-state index in [9.17, 15) is 23.9 Å². The second-order valence-electron chi connectivity index (χ2n) is 8.19. The van der Waals surface area contributed by atoms with Gasteiger partial charge >= 0.3 is 29.6 Å². The Morgan fingerprint density at radius 3 is 2.34 bits per heavy atom. The average molecular weight is 454 g/mol. The summed E-state index contributed by atoms with van der Waals surface area (Å²) in [6.45, 7) is 7.83. The molecule has 0 aliphatic heterocycles. The third-order valence-corrected chi connectivity index (χ3v) is 4.58. The molecule has 2 aromatic rings. The number of halogens is 1. The zero-order valence-electron chi connectivity index (χ0n) is 19.3. The number of carbonyl (C=O) groups is 2. The summed E-state index contributed by atoms with van der Waals surface area (Å²) >= 11 is 0. The van der Waals surface area contributed by atoms with E-state index in [2.05, 4.69) is 15.6 Å². The third-order valence-electron chi connectivity index (χ3n) is 4.58. The summed E-state index contributed by atoms with van der Waals surface area (Å²) in [6, 6.07) is 5.55. The minimum Gasteiger partial charge on any atom is -0.867 e. The normalized spacial score (nSPS) is 10.9. The summed E-state index contributed by atoms with van der Waals surface area (Å²) in [7, 11) is 0. The second-order valence-corrected chi connectivity index (χ2v) is 8.19. The molecule has 0 spiro atoms. The van der Waals surface area contributed by atoms with Gasteiger partial charge in [0.25, 0.3) is 5.91 Å². The molecule has 1 aromatic heterocycles. The first kappa shape index (κ1) is 27.8. The molecule has 32 heavy (non-hydrogen) atoms. The number of nitrogens with zero attached hydrogens (tertiary/aromatic N) is 2. The number of aromatic nitrogens is 2. The smallest absolute Gasteiger partial charge is 0.867 e. The Hall–Kier alpha value is -2.23. The molecule has 1 heterocycles. The van der Waals surface area contributed by atoms with Gasteiger partial charge in [-0.15, -0.1) is 0 Å². The maximum atomic E-state index is 13.0. The van der Waals surface area contributed by atoms with Crippen LogP contribution in [0, 0.1) is 5.82 Å². The number of hydrogen-bond acceptors (Lipinski definition) is 5. The zero-order chi connectivity index (χ0) is 23.2. The van der Waals surface area contributed by atoms with Crippen LogP contribution in [0.4, 0.5) is 4.39 Å². The Morgan fingerprint density at radius 1 is 1.16 bits per heavy atom. The maximum absolute atomic E-state index is 13.0. The first-order valence-electron chi connectivity index (χ1n) is 10.2. The summed E-state index contributed by atoms with van der Waals surface area (Å²) in [4.78, 5) is 40.9. The van der Waals surface area contributed by atoms with Crippen molar-refractivity contribution in [1.82, 2.24) is 20.2 Å². The monoisotopic (exact) mass is 454 g/mol. The topological polar surface area (TPSA) is 116 Å². The molecule has 8 nitrogen and oxygen atoms in total. The van der Waals surface area contributed by atoms with Gasteiger partial charge in [-0.1, -0.05) is 39.8 Å². The summed E-state index contributed by atoms with van der Waals surface area (Å²) in [5.41, 5.74) is -1.26. The number of amides is 2. The van der Waals surface area contributed by atoms with E-state index in [-0.39, 0.29) is 48.6 Å². The van der Waals surface area contributed by atoms with Crippen LogP contribution in [0.25, 0.3) is 0 Å². The van der Waals surface area contributed by atoms with Gasteiger partial charge in [-0.2, -0.15) is 0 Å². The quantitative estimate of drug-likeness (QED) is 0.376. The first-order chi connectivity index (χ1) is 14.5. The molecule has 0 saturated carbocycles. The van der Waals surface area contributed by atoms with Crippen LogP contribution in [0.5, 0.6) is 5.75 Å². The van der Waals surface area contributed by atoms with Crippen LogP contribution in [-0.4, -0.2) is 27.9 Å². The van der Waals surface area contributed by atoms with Crippen LogP contribution in [0.15, 0.2) is 29.1 Å². The van der Waals surface area contributed by atoms with Crippen molar-refractivity contribution in [3.8, 4) is 5.75 Å². The van der Waals surface area contributed by atoms with E-state index in [0.29, 0.717) is 30.8 Å². The van der Waals surface area contributed by atoms with Crippen molar-refractivity contribution in [3.63, 3.8) is 0 Å². The maximum Gasteiger partial charge on any atom is 1.00 e. The van der Waals surface area contributed by atoms with Gasteiger partial charge in [-0.3, -0.25) is 19.0 Å².